The van der Waals surface area contributed by atoms with Crippen LogP contribution in [0.3, 0.4) is 0 Å². The summed E-state index contributed by atoms with van der Waals surface area (Å²) in [7, 11) is 0. The number of carbonyl (C=O) groups excluding carboxylic acids is 1. The second-order valence-corrected chi connectivity index (χ2v) is 6.41. The summed E-state index contributed by atoms with van der Waals surface area (Å²) in [5.41, 5.74) is 0.589. The van der Waals surface area contributed by atoms with Crippen LogP contribution in [0.5, 0.6) is 0 Å². The zero-order valence-electron chi connectivity index (χ0n) is 12.9. The maximum Gasteiger partial charge on any atom is 0.322 e. The summed E-state index contributed by atoms with van der Waals surface area (Å²) in [6.07, 6.45) is 1.74. The van der Waals surface area contributed by atoms with Crippen LogP contribution in [0.1, 0.15) is 33.6 Å². The molecular weight excluding hydrogens is 288 g/mol. The summed E-state index contributed by atoms with van der Waals surface area (Å²) in [6, 6.07) is 7.30. The van der Waals surface area contributed by atoms with Gasteiger partial charge < -0.3 is 15.0 Å². The molecule has 21 heavy (non-hydrogen) atoms. The molecule has 1 N–H and O–H groups in total. The van der Waals surface area contributed by atoms with E-state index in [1.807, 2.05) is 24.0 Å². The van der Waals surface area contributed by atoms with Gasteiger partial charge in [0, 0.05) is 29.9 Å². The SMILES string of the molecule is CCN(C(=O)Nc1ccc(Cl)cc1)[C@H]1CCOC(C)(C)C1. The number of nitrogens with zero attached hydrogens (tertiary/aromatic N) is 1. The second kappa shape index (κ2) is 6.67. The molecule has 5 heteroatoms. The van der Waals surface area contributed by atoms with Crippen LogP contribution in [-0.4, -0.2) is 35.7 Å². The molecule has 0 bridgehead atoms. The molecule has 1 saturated heterocycles. The Balaban J connectivity index is 2.02. The highest BCUT2D eigenvalue weighted by Crippen LogP contribution is 2.27. The van der Waals surface area contributed by atoms with Gasteiger partial charge in [0.15, 0.2) is 0 Å². The van der Waals surface area contributed by atoms with Gasteiger partial charge in [0.25, 0.3) is 0 Å². The predicted octanol–water partition coefficient (Wildman–Crippen LogP) is 4.15. The number of urea groups is 1. The fourth-order valence-corrected chi connectivity index (χ4v) is 2.89. The minimum absolute atomic E-state index is 0.0671. The summed E-state index contributed by atoms with van der Waals surface area (Å²) in [5, 5.41) is 3.59. The van der Waals surface area contributed by atoms with Crippen molar-refractivity contribution in [1.29, 1.82) is 0 Å². The molecule has 2 amide bonds. The summed E-state index contributed by atoms with van der Waals surface area (Å²) in [6.45, 7) is 7.53. The van der Waals surface area contributed by atoms with Crippen molar-refractivity contribution in [3.05, 3.63) is 29.3 Å². The third-order valence-electron chi connectivity index (χ3n) is 3.81. The molecule has 1 aromatic carbocycles. The van der Waals surface area contributed by atoms with Gasteiger partial charge in [-0.25, -0.2) is 4.79 Å². The van der Waals surface area contributed by atoms with E-state index in [4.69, 9.17) is 16.3 Å². The molecule has 0 saturated carbocycles. The van der Waals surface area contributed by atoms with E-state index in [-0.39, 0.29) is 17.7 Å². The highest BCUT2D eigenvalue weighted by Gasteiger charge is 2.33. The third-order valence-corrected chi connectivity index (χ3v) is 4.06. The topological polar surface area (TPSA) is 41.6 Å². The zero-order chi connectivity index (χ0) is 15.5. The maximum atomic E-state index is 12.5. The molecule has 116 valence electrons. The highest BCUT2D eigenvalue weighted by atomic mass is 35.5. The van der Waals surface area contributed by atoms with Gasteiger partial charge in [-0.15, -0.1) is 0 Å². The molecule has 1 atom stereocenters. The monoisotopic (exact) mass is 310 g/mol. The number of hydrogen-bond donors (Lipinski definition) is 1. The number of benzene rings is 1. The van der Waals surface area contributed by atoms with Gasteiger partial charge in [-0.3, -0.25) is 0 Å². The Morgan fingerprint density at radius 2 is 2.10 bits per heavy atom. The van der Waals surface area contributed by atoms with Gasteiger partial charge >= 0.3 is 6.03 Å². The first-order valence-electron chi connectivity index (χ1n) is 7.38. The molecule has 1 aromatic rings. The number of ether oxygens (including phenoxy) is 1. The van der Waals surface area contributed by atoms with Gasteiger partial charge in [-0.1, -0.05) is 11.6 Å². The van der Waals surface area contributed by atoms with Crippen molar-refractivity contribution >= 4 is 23.3 Å². The minimum atomic E-state index is -0.170. The van der Waals surface area contributed by atoms with E-state index in [1.54, 1.807) is 12.1 Å². The number of amides is 2. The van der Waals surface area contributed by atoms with Crippen LogP contribution in [-0.2, 0) is 4.74 Å². The molecule has 4 nitrogen and oxygen atoms in total. The van der Waals surface area contributed by atoms with Gasteiger partial charge in [0.1, 0.15) is 0 Å². The van der Waals surface area contributed by atoms with Crippen molar-refractivity contribution in [2.75, 3.05) is 18.5 Å². The fraction of sp³-hybridized carbons (Fsp3) is 0.562. The molecule has 1 aliphatic rings. The summed E-state index contributed by atoms with van der Waals surface area (Å²) in [4.78, 5) is 14.4. The molecule has 1 fully saturated rings. The van der Waals surface area contributed by atoms with Crippen molar-refractivity contribution < 1.29 is 9.53 Å². The Kier molecular flexibility index (Phi) is 5.12. The van der Waals surface area contributed by atoms with E-state index in [9.17, 15) is 4.79 Å². The van der Waals surface area contributed by atoms with E-state index >= 15 is 0 Å². The van der Waals surface area contributed by atoms with Gasteiger partial charge in [-0.05, 0) is 57.9 Å². The van der Waals surface area contributed by atoms with Crippen LogP contribution >= 0.6 is 11.6 Å². The van der Waals surface area contributed by atoms with Crippen molar-refractivity contribution in [3.8, 4) is 0 Å². The smallest absolute Gasteiger partial charge is 0.322 e. The van der Waals surface area contributed by atoms with Crippen LogP contribution in [0.15, 0.2) is 24.3 Å². The molecule has 0 aromatic heterocycles. The largest absolute Gasteiger partial charge is 0.375 e. The van der Waals surface area contributed by atoms with E-state index < -0.39 is 0 Å². The molecule has 0 aliphatic carbocycles. The van der Waals surface area contributed by atoms with Crippen LogP contribution in [0.2, 0.25) is 5.02 Å². The lowest BCUT2D eigenvalue weighted by atomic mass is 9.93. The van der Waals surface area contributed by atoms with E-state index in [2.05, 4.69) is 19.2 Å². The van der Waals surface area contributed by atoms with E-state index in [1.165, 1.54) is 0 Å². The molecule has 1 aliphatic heterocycles. The molecule has 0 unspecified atom stereocenters. The van der Waals surface area contributed by atoms with E-state index in [0.717, 1.165) is 18.5 Å². The first-order chi connectivity index (χ1) is 9.91. The third kappa shape index (κ3) is 4.35. The van der Waals surface area contributed by atoms with Crippen molar-refractivity contribution in [2.24, 2.45) is 0 Å². The fourth-order valence-electron chi connectivity index (χ4n) is 2.76. The number of rotatable bonds is 3. The number of anilines is 1. The predicted molar refractivity (Wildman–Crippen MR) is 85.9 cm³/mol. The quantitative estimate of drug-likeness (QED) is 0.911. The van der Waals surface area contributed by atoms with Crippen molar-refractivity contribution in [2.45, 2.75) is 45.3 Å². The lowest BCUT2D eigenvalue weighted by Crippen LogP contribution is -2.49. The zero-order valence-corrected chi connectivity index (χ0v) is 13.6. The van der Waals surface area contributed by atoms with Gasteiger partial charge in [0.05, 0.1) is 5.60 Å². The minimum Gasteiger partial charge on any atom is -0.375 e. The first-order valence-corrected chi connectivity index (χ1v) is 7.76. The van der Waals surface area contributed by atoms with Crippen LogP contribution in [0.4, 0.5) is 10.5 Å². The Morgan fingerprint density at radius 3 is 2.67 bits per heavy atom. The number of carbonyl (C=O) groups is 1. The van der Waals surface area contributed by atoms with Crippen molar-refractivity contribution in [3.63, 3.8) is 0 Å². The number of halogens is 1. The Hall–Kier alpha value is -1.26. The average Bonchev–Trinajstić information content (AvgIpc) is 2.41. The van der Waals surface area contributed by atoms with Crippen molar-refractivity contribution in [1.82, 2.24) is 4.90 Å². The highest BCUT2D eigenvalue weighted by molar-refractivity contribution is 6.30. The van der Waals surface area contributed by atoms with Crippen LogP contribution < -0.4 is 5.32 Å². The van der Waals surface area contributed by atoms with Gasteiger partial charge in [-0.2, -0.15) is 0 Å². The van der Waals surface area contributed by atoms with E-state index in [0.29, 0.717) is 18.2 Å². The maximum absolute atomic E-state index is 12.5. The average molecular weight is 311 g/mol. The number of hydrogen-bond acceptors (Lipinski definition) is 2. The lowest BCUT2D eigenvalue weighted by Gasteiger charge is -2.40. The molecule has 0 spiro atoms. The summed E-state index contributed by atoms with van der Waals surface area (Å²) < 4.78 is 5.73. The summed E-state index contributed by atoms with van der Waals surface area (Å²) in [5.74, 6) is 0. The normalized spacial score (nSPS) is 20.9. The Morgan fingerprint density at radius 1 is 1.43 bits per heavy atom. The second-order valence-electron chi connectivity index (χ2n) is 5.98. The Labute approximate surface area is 131 Å². The molecular formula is C16H23ClN2O2. The Bertz CT molecular complexity index is 488. The molecule has 0 radical (unpaired) electrons. The van der Waals surface area contributed by atoms with Crippen LogP contribution in [0.25, 0.3) is 0 Å². The van der Waals surface area contributed by atoms with Crippen LogP contribution in [0, 0.1) is 0 Å². The summed E-state index contributed by atoms with van der Waals surface area (Å²) >= 11 is 5.85. The van der Waals surface area contributed by atoms with Gasteiger partial charge in [0.2, 0.25) is 0 Å². The molecule has 2 rings (SSSR count). The lowest BCUT2D eigenvalue weighted by molar-refractivity contribution is -0.0758. The standard InChI is InChI=1S/C16H23ClN2O2/c1-4-19(14-9-10-21-16(2,3)11-14)15(20)18-13-7-5-12(17)6-8-13/h5-8,14H,4,9-11H2,1-3H3,(H,18,20)/t14-/m0/s1. The molecule has 1 heterocycles. The number of nitrogens with one attached hydrogen (secondary N) is 1. The first kappa shape index (κ1) is 16.1.